The van der Waals surface area contributed by atoms with Crippen LogP contribution < -0.4 is 15.5 Å². The summed E-state index contributed by atoms with van der Waals surface area (Å²) in [4.78, 5) is 15.8. The number of carbonyl (C=O) groups is 1. The Morgan fingerprint density at radius 3 is 2.75 bits per heavy atom. The fraction of sp³-hybridized carbons (Fsp3) is 0.571. The molecule has 1 fully saturated rings. The second-order valence-electron chi connectivity index (χ2n) is 6.18. The Labute approximate surface area is 120 Å². The molecule has 0 bridgehead atoms. The van der Waals surface area contributed by atoms with Crippen molar-refractivity contribution in [2.24, 2.45) is 0 Å². The zero-order valence-corrected chi connectivity index (χ0v) is 12.5. The van der Waals surface area contributed by atoms with Crippen molar-refractivity contribution >= 4 is 19.4 Å². The van der Waals surface area contributed by atoms with E-state index in [-0.39, 0.29) is 18.2 Å². The Morgan fingerprint density at radius 2 is 2.15 bits per heavy atom. The highest BCUT2D eigenvalue weighted by Crippen LogP contribution is 2.24. The van der Waals surface area contributed by atoms with Gasteiger partial charge in [0, 0.05) is 25.1 Å². The Balaban J connectivity index is 1.73. The Hall–Kier alpha value is -1.72. The van der Waals surface area contributed by atoms with Crippen LogP contribution in [0, 0.1) is 0 Å². The number of hydrogen-bond acceptors (Lipinski definition) is 4. The maximum atomic E-state index is 11.6. The van der Waals surface area contributed by atoms with Crippen LogP contribution in [0.1, 0.15) is 33.6 Å². The van der Waals surface area contributed by atoms with Gasteiger partial charge in [-0.1, -0.05) is 6.07 Å². The number of amides is 1. The maximum absolute atomic E-state index is 11.6. The number of rotatable bonds is 3. The maximum Gasteiger partial charge on any atom is 0.407 e. The van der Waals surface area contributed by atoms with E-state index < -0.39 is 5.60 Å². The summed E-state index contributed by atoms with van der Waals surface area (Å²) in [5.74, 6) is 0.674. The van der Waals surface area contributed by atoms with E-state index in [1.807, 2.05) is 40.8 Å². The zero-order chi connectivity index (χ0) is 14.8. The van der Waals surface area contributed by atoms with Crippen LogP contribution in [0.4, 0.5) is 4.79 Å². The molecule has 0 unspecified atom stereocenters. The van der Waals surface area contributed by atoms with Gasteiger partial charge in [-0.05, 0) is 32.3 Å². The van der Waals surface area contributed by atoms with Gasteiger partial charge >= 0.3 is 6.09 Å². The zero-order valence-electron chi connectivity index (χ0n) is 12.5. The molecule has 1 saturated carbocycles. The fourth-order valence-electron chi connectivity index (χ4n) is 2.01. The average Bonchev–Trinajstić information content (AvgIpc) is 2.26. The molecule has 5 nitrogen and oxygen atoms in total. The summed E-state index contributed by atoms with van der Waals surface area (Å²) in [7, 11) is 1.97. The number of nitrogens with one attached hydrogen (secondary N) is 1. The summed E-state index contributed by atoms with van der Waals surface area (Å²) in [6.07, 6.45) is 3.04. The number of nitrogens with zero attached hydrogens (tertiary/aromatic N) is 1. The van der Waals surface area contributed by atoms with Crippen LogP contribution in [0.15, 0.2) is 18.3 Å². The summed E-state index contributed by atoms with van der Waals surface area (Å²) < 4.78 is 11.0. The van der Waals surface area contributed by atoms with Crippen molar-refractivity contribution in [2.45, 2.75) is 51.4 Å². The van der Waals surface area contributed by atoms with Crippen LogP contribution >= 0.6 is 0 Å². The van der Waals surface area contributed by atoms with Gasteiger partial charge in [0.05, 0.1) is 0 Å². The lowest BCUT2D eigenvalue weighted by molar-refractivity contribution is 0.0357. The molecule has 108 valence electrons. The lowest BCUT2D eigenvalue weighted by Gasteiger charge is -2.36. The standard InChI is InChI=1S/C14H21BN2O3/c1-14(2,3)20-13(18)17-9-7-10(8-9)19-12-11(15)5-4-6-16-12/h4-6,9-10H,7-8,15H2,1-3H3,(H,17,18)/t9-,10+. The predicted octanol–water partition coefficient (Wildman–Crippen LogP) is 0.774. The molecule has 1 aliphatic carbocycles. The van der Waals surface area contributed by atoms with E-state index in [0.717, 1.165) is 18.3 Å². The third-order valence-corrected chi connectivity index (χ3v) is 3.06. The second kappa shape index (κ2) is 5.73. The van der Waals surface area contributed by atoms with E-state index >= 15 is 0 Å². The quantitative estimate of drug-likeness (QED) is 0.829. The molecule has 1 N–H and O–H groups in total. The van der Waals surface area contributed by atoms with Crippen LogP contribution in [-0.2, 0) is 4.74 Å². The van der Waals surface area contributed by atoms with Gasteiger partial charge in [0.15, 0.2) is 0 Å². The molecular formula is C14H21BN2O3. The van der Waals surface area contributed by atoms with E-state index in [4.69, 9.17) is 9.47 Å². The third-order valence-electron chi connectivity index (χ3n) is 3.06. The summed E-state index contributed by atoms with van der Waals surface area (Å²) in [5, 5.41) is 2.84. The van der Waals surface area contributed by atoms with E-state index in [9.17, 15) is 4.79 Å². The number of carbonyl (C=O) groups excluding carboxylic acids is 1. The molecule has 0 atom stereocenters. The monoisotopic (exact) mass is 276 g/mol. The van der Waals surface area contributed by atoms with Crippen LogP contribution in [0.5, 0.6) is 5.88 Å². The van der Waals surface area contributed by atoms with E-state index in [2.05, 4.69) is 10.3 Å². The van der Waals surface area contributed by atoms with Crippen molar-refractivity contribution < 1.29 is 14.3 Å². The van der Waals surface area contributed by atoms with Crippen LogP contribution in [-0.4, -0.2) is 36.7 Å². The minimum atomic E-state index is -0.463. The van der Waals surface area contributed by atoms with Crippen molar-refractivity contribution in [2.75, 3.05) is 0 Å². The molecule has 0 aromatic carbocycles. The summed E-state index contributed by atoms with van der Waals surface area (Å²) >= 11 is 0. The number of aromatic nitrogens is 1. The summed E-state index contributed by atoms with van der Waals surface area (Å²) in [6.45, 7) is 5.55. The van der Waals surface area contributed by atoms with Gasteiger partial charge in [0.1, 0.15) is 19.6 Å². The molecule has 1 heterocycles. The van der Waals surface area contributed by atoms with E-state index in [1.54, 1.807) is 6.20 Å². The molecule has 1 aromatic heterocycles. The first kappa shape index (κ1) is 14.7. The van der Waals surface area contributed by atoms with Crippen LogP contribution in [0.3, 0.4) is 0 Å². The normalized spacial score (nSPS) is 21.8. The molecule has 1 amide bonds. The third kappa shape index (κ3) is 4.15. The van der Waals surface area contributed by atoms with Crippen molar-refractivity contribution in [1.82, 2.24) is 10.3 Å². The molecule has 0 aliphatic heterocycles. The molecule has 1 aliphatic rings. The first-order chi connectivity index (χ1) is 9.33. The van der Waals surface area contributed by atoms with E-state index in [1.165, 1.54) is 0 Å². The Bertz CT molecular complexity index is 482. The molecular weight excluding hydrogens is 255 g/mol. The SMILES string of the molecule is Bc1cccnc1O[C@H]1C[C@@H](NC(=O)OC(C)(C)C)C1. The topological polar surface area (TPSA) is 60.5 Å². The highest BCUT2D eigenvalue weighted by molar-refractivity contribution is 6.33. The molecule has 20 heavy (non-hydrogen) atoms. The highest BCUT2D eigenvalue weighted by atomic mass is 16.6. The minimum Gasteiger partial charge on any atom is -0.475 e. The Kier molecular flexibility index (Phi) is 4.21. The first-order valence-electron chi connectivity index (χ1n) is 6.91. The lowest BCUT2D eigenvalue weighted by Crippen LogP contribution is -2.50. The van der Waals surface area contributed by atoms with Gasteiger partial charge in [0.2, 0.25) is 5.88 Å². The second-order valence-corrected chi connectivity index (χ2v) is 6.18. The van der Waals surface area contributed by atoms with Crippen LogP contribution in [0.25, 0.3) is 0 Å². The number of pyridine rings is 1. The van der Waals surface area contributed by atoms with Gasteiger partial charge in [0.25, 0.3) is 0 Å². The smallest absolute Gasteiger partial charge is 0.407 e. The van der Waals surface area contributed by atoms with Crippen molar-refractivity contribution in [3.8, 4) is 5.88 Å². The molecule has 1 aromatic rings. The van der Waals surface area contributed by atoms with Crippen molar-refractivity contribution in [3.63, 3.8) is 0 Å². The Morgan fingerprint density at radius 1 is 1.45 bits per heavy atom. The number of hydrogen-bond donors (Lipinski definition) is 1. The van der Waals surface area contributed by atoms with E-state index in [0.29, 0.717) is 5.88 Å². The molecule has 2 rings (SSSR count). The van der Waals surface area contributed by atoms with Gasteiger partial charge in [-0.3, -0.25) is 0 Å². The average molecular weight is 276 g/mol. The predicted molar refractivity (Wildman–Crippen MR) is 79.2 cm³/mol. The van der Waals surface area contributed by atoms with Crippen LogP contribution in [0.2, 0.25) is 0 Å². The highest BCUT2D eigenvalue weighted by Gasteiger charge is 2.33. The van der Waals surface area contributed by atoms with Crippen molar-refractivity contribution in [1.29, 1.82) is 0 Å². The molecule has 0 spiro atoms. The molecule has 0 saturated heterocycles. The lowest BCUT2D eigenvalue weighted by atomic mass is 9.89. The number of alkyl carbamates (subject to hydrolysis) is 1. The largest absolute Gasteiger partial charge is 0.475 e. The van der Waals surface area contributed by atoms with Gasteiger partial charge < -0.3 is 14.8 Å². The summed E-state index contributed by atoms with van der Waals surface area (Å²) in [5.41, 5.74) is 0.561. The van der Waals surface area contributed by atoms with Gasteiger partial charge in [-0.2, -0.15) is 0 Å². The first-order valence-corrected chi connectivity index (χ1v) is 6.91. The number of ether oxygens (including phenoxy) is 2. The molecule has 6 heteroatoms. The fourth-order valence-corrected chi connectivity index (χ4v) is 2.01. The van der Waals surface area contributed by atoms with Crippen molar-refractivity contribution in [3.05, 3.63) is 18.3 Å². The summed E-state index contributed by atoms with van der Waals surface area (Å²) in [6, 6.07) is 3.98. The molecule has 0 radical (unpaired) electrons. The minimum absolute atomic E-state index is 0.114. The van der Waals surface area contributed by atoms with Gasteiger partial charge in [-0.25, -0.2) is 9.78 Å². The van der Waals surface area contributed by atoms with Gasteiger partial charge in [-0.15, -0.1) is 0 Å².